The second kappa shape index (κ2) is 7.86. The number of nitrogens with zero attached hydrogens (tertiary/aromatic N) is 4. The Bertz CT molecular complexity index is 1790. The monoisotopic (exact) mass is 490 g/mol. The highest BCUT2D eigenvalue weighted by Gasteiger charge is 2.28. The third-order valence-corrected chi connectivity index (χ3v) is 7.06. The van der Waals surface area contributed by atoms with Crippen molar-refractivity contribution >= 4 is 39.6 Å². The van der Waals surface area contributed by atoms with Gasteiger partial charge in [0, 0.05) is 39.4 Å². The van der Waals surface area contributed by atoms with Crippen LogP contribution in [0.2, 0.25) is 0 Å². The van der Waals surface area contributed by atoms with Crippen LogP contribution in [-0.2, 0) is 11.2 Å². The minimum atomic E-state index is -0.320. The van der Waals surface area contributed by atoms with Gasteiger partial charge in [-0.25, -0.2) is 9.78 Å². The summed E-state index contributed by atoms with van der Waals surface area (Å²) in [4.78, 5) is 34.2. The number of hydrogen-bond donors (Lipinski definition) is 2. The van der Waals surface area contributed by atoms with Gasteiger partial charge in [-0.2, -0.15) is 9.78 Å². The van der Waals surface area contributed by atoms with Crippen LogP contribution in [0.5, 0.6) is 5.75 Å². The van der Waals surface area contributed by atoms with E-state index < -0.39 is 0 Å². The molecule has 5 aromatic rings. The molecular formula is C28H22N6O3. The Balaban J connectivity index is 1.20. The number of rotatable bonds is 2. The molecular weight excluding hydrogens is 468 g/mol. The van der Waals surface area contributed by atoms with E-state index >= 15 is 0 Å². The number of ether oxygens (including phenoxy) is 1. The van der Waals surface area contributed by atoms with E-state index in [0.29, 0.717) is 24.6 Å². The topological polar surface area (TPSA) is 111 Å². The molecule has 2 aromatic carbocycles. The molecule has 0 spiro atoms. The number of pyridine rings is 2. The zero-order chi connectivity index (χ0) is 25.3. The highest BCUT2D eigenvalue weighted by molar-refractivity contribution is 6.08. The van der Waals surface area contributed by atoms with Gasteiger partial charge in [0.25, 0.3) is 0 Å². The fourth-order valence-electron chi connectivity index (χ4n) is 5.35. The molecule has 0 aliphatic carbocycles. The summed E-state index contributed by atoms with van der Waals surface area (Å²) in [6, 6.07) is 15.0. The molecule has 2 aliphatic heterocycles. The predicted molar refractivity (Wildman–Crippen MR) is 139 cm³/mol. The summed E-state index contributed by atoms with van der Waals surface area (Å²) in [5, 5.41) is 12.2. The molecule has 37 heavy (non-hydrogen) atoms. The highest BCUT2D eigenvalue weighted by atomic mass is 16.5. The van der Waals surface area contributed by atoms with Gasteiger partial charge in [0.2, 0.25) is 5.91 Å². The van der Waals surface area contributed by atoms with E-state index in [1.54, 1.807) is 6.20 Å². The fourth-order valence-corrected chi connectivity index (χ4v) is 5.35. The minimum Gasteiger partial charge on any atom is -0.491 e. The zero-order valence-corrected chi connectivity index (χ0v) is 20.2. The lowest BCUT2D eigenvalue weighted by Gasteiger charge is -2.13. The number of amides is 2. The first-order chi connectivity index (χ1) is 18.0. The van der Waals surface area contributed by atoms with Crippen LogP contribution in [-0.4, -0.2) is 38.3 Å². The van der Waals surface area contributed by atoms with Crippen LogP contribution < -0.4 is 15.4 Å². The van der Waals surface area contributed by atoms with Crippen LogP contribution in [0.15, 0.2) is 54.7 Å². The number of aromatic nitrogens is 4. The number of anilines is 1. The Morgan fingerprint density at radius 1 is 1.11 bits per heavy atom. The predicted octanol–water partition coefficient (Wildman–Crippen LogP) is 4.45. The number of benzene rings is 2. The quantitative estimate of drug-likeness (QED) is 0.378. The minimum absolute atomic E-state index is 0.0462. The lowest BCUT2D eigenvalue weighted by Crippen LogP contribution is -2.33. The molecule has 0 bridgehead atoms. The first-order valence-electron chi connectivity index (χ1n) is 12.1. The summed E-state index contributed by atoms with van der Waals surface area (Å²) in [6.45, 7) is 4.16. The molecule has 0 saturated carbocycles. The van der Waals surface area contributed by atoms with E-state index in [4.69, 9.17) is 9.72 Å². The molecule has 3 aromatic heterocycles. The summed E-state index contributed by atoms with van der Waals surface area (Å²) in [5.74, 6) is 1.29. The SMILES string of the molecule is Cc1nc2ccccc2c2c1c(C)nn2C(=O)N[C@@H]1COc2cc(-c3cnc4c(c3)CC(=O)N4)ccc21. The summed E-state index contributed by atoms with van der Waals surface area (Å²) in [6.07, 6.45) is 2.07. The Hall–Kier alpha value is -4.79. The van der Waals surface area contributed by atoms with Crippen molar-refractivity contribution in [3.63, 3.8) is 0 Å². The fraction of sp³-hybridized carbons (Fsp3) is 0.179. The van der Waals surface area contributed by atoms with Gasteiger partial charge in [-0.05, 0) is 37.6 Å². The van der Waals surface area contributed by atoms with Crippen molar-refractivity contribution < 1.29 is 14.3 Å². The average molecular weight is 491 g/mol. The molecule has 2 aliphatic rings. The van der Waals surface area contributed by atoms with Crippen molar-refractivity contribution in [2.75, 3.05) is 11.9 Å². The molecule has 9 heteroatoms. The molecule has 0 unspecified atom stereocenters. The summed E-state index contributed by atoms with van der Waals surface area (Å²) >= 11 is 0. The molecule has 5 heterocycles. The van der Waals surface area contributed by atoms with Crippen molar-refractivity contribution in [1.82, 2.24) is 25.1 Å². The first kappa shape index (κ1) is 21.5. The maximum atomic E-state index is 13.5. The largest absolute Gasteiger partial charge is 0.491 e. The van der Waals surface area contributed by atoms with E-state index in [2.05, 4.69) is 20.7 Å². The van der Waals surface area contributed by atoms with Crippen molar-refractivity contribution in [3.05, 3.63) is 77.2 Å². The number of carbonyl (C=O) groups excluding carboxylic acids is 2. The zero-order valence-electron chi connectivity index (χ0n) is 20.2. The van der Waals surface area contributed by atoms with E-state index in [1.807, 2.05) is 62.4 Å². The Morgan fingerprint density at radius 3 is 2.86 bits per heavy atom. The number of aryl methyl sites for hydroxylation is 2. The lowest BCUT2D eigenvalue weighted by atomic mass is 10.0. The molecule has 7 rings (SSSR count). The van der Waals surface area contributed by atoms with Gasteiger partial charge < -0.3 is 15.4 Å². The van der Waals surface area contributed by atoms with Gasteiger partial charge in [-0.15, -0.1) is 0 Å². The van der Waals surface area contributed by atoms with Gasteiger partial charge in [-0.3, -0.25) is 9.78 Å². The molecule has 1 atom stereocenters. The summed E-state index contributed by atoms with van der Waals surface area (Å²) < 4.78 is 7.40. The van der Waals surface area contributed by atoms with Crippen LogP contribution in [0.25, 0.3) is 32.9 Å². The van der Waals surface area contributed by atoms with E-state index in [1.165, 1.54) is 4.68 Å². The molecule has 0 fully saturated rings. The van der Waals surface area contributed by atoms with Crippen LogP contribution >= 0.6 is 0 Å². The second-order valence-corrected chi connectivity index (χ2v) is 9.46. The normalized spacial score (nSPS) is 15.9. The van der Waals surface area contributed by atoms with Crippen molar-refractivity contribution in [2.45, 2.75) is 26.3 Å². The highest BCUT2D eigenvalue weighted by Crippen LogP contribution is 2.37. The number of para-hydroxylation sites is 1. The Kier molecular flexibility index (Phi) is 4.56. The standard InChI is InChI=1S/C28H22N6O3/c1-14-25-15(2)33-34(26(25)20-5-3-4-6-21(20)30-14)28(36)31-22-13-37-23-10-16(7-8-19(22)23)18-9-17-11-24(35)32-27(17)29-12-18/h3-10,12,22H,11,13H2,1-2H3,(H,31,36)(H,29,32,35)/t22-/m1/s1. The number of carbonyl (C=O) groups is 2. The number of nitrogens with one attached hydrogen (secondary N) is 2. The van der Waals surface area contributed by atoms with Gasteiger partial charge in [0.05, 0.1) is 29.2 Å². The maximum absolute atomic E-state index is 13.5. The van der Waals surface area contributed by atoms with Crippen molar-refractivity contribution in [2.24, 2.45) is 0 Å². The Morgan fingerprint density at radius 2 is 1.97 bits per heavy atom. The van der Waals surface area contributed by atoms with Gasteiger partial charge in [0.1, 0.15) is 18.2 Å². The molecule has 9 nitrogen and oxygen atoms in total. The number of fused-ring (bicyclic) bond motifs is 5. The van der Waals surface area contributed by atoms with Gasteiger partial charge >= 0.3 is 6.03 Å². The third kappa shape index (κ3) is 3.35. The number of hydrogen-bond acceptors (Lipinski definition) is 6. The molecule has 2 amide bonds. The maximum Gasteiger partial charge on any atom is 0.343 e. The summed E-state index contributed by atoms with van der Waals surface area (Å²) in [5.41, 5.74) is 6.80. The smallest absolute Gasteiger partial charge is 0.343 e. The van der Waals surface area contributed by atoms with Crippen LogP contribution in [0, 0.1) is 13.8 Å². The molecule has 0 radical (unpaired) electrons. The first-order valence-corrected chi connectivity index (χ1v) is 12.1. The Labute approximate surface area is 211 Å². The van der Waals surface area contributed by atoms with E-state index in [-0.39, 0.29) is 18.0 Å². The van der Waals surface area contributed by atoms with E-state index in [9.17, 15) is 9.59 Å². The summed E-state index contributed by atoms with van der Waals surface area (Å²) in [7, 11) is 0. The van der Waals surface area contributed by atoms with Gasteiger partial charge in [-0.1, -0.05) is 30.3 Å². The van der Waals surface area contributed by atoms with Crippen LogP contribution in [0.3, 0.4) is 0 Å². The molecule has 0 saturated heterocycles. The average Bonchev–Trinajstić information content (AvgIpc) is 3.58. The van der Waals surface area contributed by atoms with Gasteiger partial charge in [0.15, 0.2) is 0 Å². The molecule has 2 N–H and O–H groups in total. The van der Waals surface area contributed by atoms with Crippen molar-refractivity contribution in [3.8, 4) is 16.9 Å². The van der Waals surface area contributed by atoms with Crippen LogP contribution in [0.1, 0.15) is 28.6 Å². The molecule has 182 valence electrons. The van der Waals surface area contributed by atoms with Crippen LogP contribution in [0.4, 0.5) is 10.6 Å². The van der Waals surface area contributed by atoms with Crippen molar-refractivity contribution in [1.29, 1.82) is 0 Å². The third-order valence-electron chi connectivity index (χ3n) is 7.06. The second-order valence-electron chi connectivity index (χ2n) is 9.46. The lowest BCUT2D eigenvalue weighted by molar-refractivity contribution is -0.115. The van der Waals surface area contributed by atoms with E-state index in [0.717, 1.165) is 55.4 Å².